The van der Waals surface area contributed by atoms with Crippen molar-refractivity contribution in [2.24, 2.45) is 5.73 Å². The third kappa shape index (κ3) is 4.84. The zero-order chi connectivity index (χ0) is 21.8. The van der Waals surface area contributed by atoms with E-state index in [0.29, 0.717) is 12.1 Å². The van der Waals surface area contributed by atoms with Gasteiger partial charge in [0.05, 0.1) is 19.6 Å². The molecular weight excluding hydrogens is 415 g/mol. The maximum atomic E-state index is 13.1. The molecule has 0 bridgehead atoms. The number of halogens is 1. The van der Waals surface area contributed by atoms with Crippen molar-refractivity contribution < 1.29 is 18.7 Å². The number of nitrogens with zero attached hydrogens (tertiary/aromatic N) is 1. The molecule has 0 aliphatic carbocycles. The van der Waals surface area contributed by atoms with Gasteiger partial charge in [0.2, 0.25) is 5.91 Å². The Morgan fingerprint density at radius 3 is 2.42 bits per heavy atom. The molecule has 1 atom stereocenters. The van der Waals surface area contributed by atoms with Crippen molar-refractivity contribution >= 4 is 23.2 Å². The smallest absolute Gasteiger partial charge is 0.251 e. The normalized spacial score (nSPS) is 18.7. The molecule has 1 saturated heterocycles. The minimum absolute atomic E-state index is 0.0923. The van der Waals surface area contributed by atoms with Gasteiger partial charge >= 0.3 is 0 Å². The van der Waals surface area contributed by atoms with E-state index in [0.717, 1.165) is 11.1 Å². The summed E-state index contributed by atoms with van der Waals surface area (Å²) in [7, 11) is 0. The fraction of sp³-hybridized carbons (Fsp3) is 0.250. The van der Waals surface area contributed by atoms with Crippen LogP contribution < -0.4 is 5.73 Å². The summed E-state index contributed by atoms with van der Waals surface area (Å²) in [5.41, 5.74) is 7.20. The zero-order valence-corrected chi connectivity index (χ0v) is 17.7. The number of hydrogen-bond donors (Lipinski definition) is 1. The lowest BCUT2D eigenvalue weighted by molar-refractivity contribution is -0.163. The van der Waals surface area contributed by atoms with Crippen LogP contribution >= 0.6 is 11.3 Å². The molecule has 31 heavy (non-hydrogen) atoms. The molecule has 1 fully saturated rings. The number of hydrogen-bond acceptors (Lipinski definition) is 4. The summed E-state index contributed by atoms with van der Waals surface area (Å²) < 4.78 is 19.0. The van der Waals surface area contributed by atoms with E-state index in [1.807, 2.05) is 35.7 Å². The average Bonchev–Trinajstić information content (AvgIpc) is 3.31. The number of benzene rings is 2. The number of nitrogens with two attached hydrogens (primary N) is 1. The quantitative estimate of drug-likeness (QED) is 0.641. The van der Waals surface area contributed by atoms with E-state index in [4.69, 9.17) is 10.5 Å². The zero-order valence-electron chi connectivity index (χ0n) is 16.9. The van der Waals surface area contributed by atoms with Crippen molar-refractivity contribution in [3.8, 4) is 10.4 Å². The standard InChI is InChI=1S/C24H23FN2O3S/c25-20-9-5-17(6-10-20)14-22(28)27-11-12-30-24(16-27,23(26)29)15-18-3-7-19(8-4-18)21-2-1-13-31-21/h1-10,13H,11-12,14-16H2,(H2,26,29)/t24-/m0/s1. The van der Waals surface area contributed by atoms with Crippen molar-refractivity contribution in [3.63, 3.8) is 0 Å². The fourth-order valence-corrected chi connectivity index (χ4v) is 4.52. The first-order valence-electron chi connectivity index (χ1n) is 10.0. The Balaban J connectivity index is 1.48. The van der Waals surface area contributed by atoms with E-state index in [-0.39, 0.29) is 37.7 Å². The second-order valence-electron chi connectivity index (χ2n) is 7.68. The summed E-state index contributed by atoms with van der Waals surface area (Å²) in [4.78, 5) is 28.0. The van der Waals surface area contributed by atoms with E-state index >= 15 is 0 Å². The SMILES string of the molecule is NC(=O)[C@]1(Cc2ccc(-c3cccs3)cc2)CN(C(=O)Cc2ccc(F)cc2)CCO1. The highest BCUT2D eigenvalue weighted by Gasteiger charge is 2.43. The lowest BCUT2D eigenvalue weighted by Gasteiger charge is -2.41. The maximum Gasteiger partial charge on any atom is 0.251 e. The second kappa shape index (κ2) is 8.99. The molecule has 5 nitrogen and oxygen atoms in total. The third-order valence-corrected chi connectivity index (χ3v) is 6.42. The molecule has 0 radical (unpaired) electrons. The minimum atomic E-state index is -1.28. The van der Waals surface area contributed by atoms with Crippen LogP contribution in [0.5, 0.6) is 0 Å². The van der Waals surface area contributed by atoms with Gasteiger partial charge in [-0.2, -0.15) is 0 Å². The lowest BCUT2D eigenvalue weighted by Crippen LogP contribution is -2.61. The van der Waals surface area contributed by atoms with E-state index in [9.17, 15) is 14.0 Å². The molecule has 3 aromatic rings. The molecule has 2 N–H and O–H groups in total. The Morgan fingerprint density at radius 2 is 1.77 bits per heavy atom. The number of amides is 2. The molecule has 1 aromatic heterocycles. The summed E-state index contributed by atoms with van der Waals surface area (Å²) in [5, 5.41) is 2.03. The highest BCUT2D eigenvalue weighted by molar-refractivity contribution is 7.13. The van der Waals surface area contributed by atoms with Gasteiger partial charge in [-0.3, -0.25) is 9.59 Å². The Bertz CT molecular complexity index is 1050. The van der Waals surface area contributed by atoms with E-state index in [2.05, 4.69) is 6.07 Å². The van der Waals surface area contributed by atoms with Gasteiger partial charge in [0.15, 0.2) is 5.60 Å². The first-order valence-corrected chi connectivity index (χ1v) is 10.9. The van der Waals surface area contributed by atoms with Gasteiger partial charge < -0.3 is 15.4 Å². The van der Waals surface area contributed by atoms with Crippen molar-refractivity contribution in [3.05, 3.63) is 83.0 Å². The summed E-state index contributed by atoms with van der Waals surface area (Å²) >= 11 is 1.66. The third-order valence-electron chi connectivity index (χ3n) is 5.51. The molecule has 7 heteroatoms. The van der Waals surface area contributed by atoms with Gasteiger partial charge in [-0.15, -0.1) is 11.3 Å². The van der Waals surface area contributed by atoms with Crippen molar-refractivity contribution in [1.29, 1.82) is 0 Å². The molecule has 2 aromatic carbocycles. The topological polar surface area (TPSA) is 72.6 Å². The monoisotopic (exact) mass is 438 g/mol. The molecule has 0 saturated carbocycles. The number of carbonyl (C=O) groups is 2. The van der Waals surface area contributed by atoms with Crippen LogP contribution in [0.2, 0.25) is 0 Å². The van der Waals surface area contributed by atoms with Gasteiger partial charge in [0.25, 0.3) is 5.91 Å². The number of thiophene rings is 1. The molecular formula is C24H23FN2O3S. The first kappa shape index (κ1) is 21.2. The maximum absolute atomic E-state index is 13.1. The van der Waals surface area contributed by atoms with Crippen LogP contribution in [0.4, 0.5) is 4.39 Å². The second-order valence-corrected chi connectivity index (χ2v) is 8.62. The van der Waals surface area contributed by atoms with Crippen LogP contribution in [-0.4, -0.2) is 42.0 Å². The Hall–Kier alpha value is -3.03. The van der Waals surface area contributed by atoms with Crippen LogP contribution in [0.3, 0.4) is 0 Å². The van der Waals surface area contributed by atoms with Gasteiger partial charge in [-0.25, -0.2) is 4.39 Å². The molecule has 0 unspecified atom stereocenters. The summed E-state index contributed by atoms with van der Waals surface area (Å²) in [5.74, 6) is -1.08. The number of morpholine rings is 1. The molecule has 2 amide bonds. The van der Waals surface area contributed by atoms with Gasteiger partial charge in [0.1, 0.15) is 5.82 Å². The molecule has 1 aliphatic rings. The fourth-order valence-electron chi connectivity index (χ4n) is 3.79. The van der Waals surface area contributed by atoms with E-state index in [1.54, 1.807) is 28.4 Å². The number of carbonyl (C=O) groups excluding carboxylic acids is 2. The number of ether oxygens (including phenoxy) is 1. The Kier molecular flexibility index (Phi) is 6.15. The predicted octanol–water partition coefficient (Wildman–Crippen LogP) is 3.42. The molecule has 2 heterocycles. The Labute approximate surface area is 184 Å². The highest BCUT2D eigenvalue weighted by atomic mass is 32.1. The lowest BCUT2D eigenvalue weighted by atomic mass is 9.91. The van der Waals surface area contributed by atoms with Gasteiger partial charge in [-0.05, 0) is 40.3 Å². The molecule has 4 rings (SSSR count). The van der Waals surface area contributed by atoms with Crippen LogP contribution in [0.1, 0.15) is 11.1 Å². The van der Waals surface area contributed by atoms with Gasteiger partial charge in [0, 0.05) is 17.8 Å². The summed E-state index contributed by atoms with van der Waals surface area (Å²) in [6, 6.07) is 17.8. The summed E-state index contributed by atoms with van der Waals surface area (Å²) in [6.45, 7) is 0.701. The Morgan fingerprint density at radius 1 is 1.06 bits per heavy atom. The van der Waals surface area contributed by atoms with Crippen molar-refractivity contribution in [2.45, 2.75) is 18.4 Å². The first-order chi connectivity index (χ1) is 14.9. The van der Waals surface area contributed by atoms with Crippen LogP contribution in [0, 0.1) is 5.82 Å². The molecule has 0 spiro atoms. The van der Waals surface area contributed by atoms with E-state index < -0.39 is 11.5 Å². The van der Waals surface area contributed by atoms with Crippen molar-refractivity contribution in [2.75, 3.05) is 19.7 Å². The highest BCUT2D eigenvalue weighted by Crippen LogP contribution is 2.28. The predicted molar refractivity (Wildman–Crippen MR) is 118 cm³/mol. The molecule has 160 valence electrons. The largest absolute Gasteiger partial charge is 0.367 e. The molecule has 1 aliphatic heterocycles. The van der Waals surface area contributed by atoms with E-state index in [1.165, 1.54) is 17.0 Å². The van der Waals surface area contributed by atoms with Crippen LogP contribution in [-0.2, 0) is 27.2 Å². The van der Waals surface area contributed by atoms with Crippen molar-refractivity contribution in [1.82, 2.24) is 4.90 Å². The summed E-state index contributed by atoms with van der Waals surface area (Å²) in [6.07, 6.45) is 0.415. The minimum Gasteiger partial charge on any atom is -0.367 e. The average molecular weight is 439 g/mol. The van der Waals surface area contributed by atoms with Crippen LogP contribution in [0.15, 0.2) is 66.0 Å². The number of primary amides is 1. The van der Waals surface area contributed by atoms with Crippen LogP contribution in [0.25, 0.3) is 10.4 Å². The number of rotatable bonds is 6. The van der Waals surface area contributed by atoms with Gasteiger partial charge in [-0.1, -0.05) is 42.5 Å².